The molecule has 1 saturated heterocycles. The molecule has 0 bridgehead atoms. The van der Waals surface area contributed by atoms with E-state index < -0.39 is 0 Å². The molecular formula is C18H23N7O2. The lowest BCUT2D eigenvalue weighted by Crippen LogP contribution is -2.40. The van der Waals surface area contributed by atoms with Crippen LogP contribution in [0.2, 0.25) is 0 Å². The number of aromatic nitrogens is 6. The van der Waals surface area contributed by atoms with Crippen molar-refractivity contribution in [3.8, 4) is 0 Å². The predicted molar refractivity (Wildman–Crippen MR) is 102 cm³/mol. The smallest absolute Gasteiger partial charge is 0.266 e. The van der Waals surface area contributed by atoms with E-state index in [2.05, 4.69) is 20.1 Å². The predicted octanol–water partition coefficient (Wildman–Crippen LogP) is 0.449. The van der Waals surface area contributed by atoms with Gasteiger partial charge in [-0.2, -0.15) is 15.2 Å². The normalized spacial score (nSPS) is 15.6. The Bertz CT molecular complexity index is 1100. The first-order chi connectivity index (χ1) is 12.9. The third-order valence-corrected chi connectivity index (χ3v) is 5.28. The van der Waals surface area contributed by atoms with Crippen LogP contribution in [-0.2, 0) is 20.6 Å². The van der Waals surface area contributed by atoms with Crippen LogP contribution in [0, 0.1) is 12.8 Å². The van der Waals surface area contributed by atoms with Gasteiger partial charge in [0.15, 0.2) is 5.65 Å². The van der Waals surface area contributed by atoms with Crippen LogP contribution < -0.4 is 16.0 Å². The first-order valence-electron chi connectivity index (χ1n) is 9.12. The van der Waals surface area contributed by atoms with Crippen LogP contribution >= 0.6 is 0 Å². The van der Waals surface area contributed by atoms with Gasteiger partial charge < -0.3 is 4.90 Å². The average Bonchev–Trinajstić information content (AvgIpc) is 3.03. The second-order valence-electron chi connectivity index (χ2n) is 7.21. The summed E-state index contributed by atoms with van der Waals surface area (Å²) in [6.45, 7) is 4.09. The fourth-order valence-electron chi connectivity index (χ4n) is 3.68. The molecule has 0 amide bonds. The van der Waals surface area contributed by atoms with E-state index >= 15 is 0 Å². The van der Waals surface area contributed by atoms with Gasteiger partial charge >= 0.3 is 0 Å². The molecule has 27 heavy (non-hydrogen) atoms. The van der Waals surface area contributed by atoms with Crippen molar-refractivity contribution >= 4 is 17.0 Å². The number of anilines is 1. The third kappa shape index (κ3) is 3.13. The fraction of sp³-hybridized carbons (Fsp3) is 0.500. The van der Waals surface area contributed by atoms with E-state index in [1.807, 2.05) is 6.92 Å². The molecule has 142 valence electrons. The van der Waals surface area contributed by atoms with Crippen LogP contribution in [0.4, 0.5) is 5.95 Å². The van der Waals surface area contributed by atoms with E-state index in [1.165, 1.54) is 0 Å². The van der Waals surface area contributed by atoms with E-state index in [4.69, 9.17) is 0 Å². The van der Waals surface area contributed by atoms with Gasteiger partial charge in [0.05, 0.1) is 11.9 Å². The largest absolute Gasteiger partial charge is 0.342 e. The van der Waals surface area contributed by atoms with Crippen molar-refractivity contribution in [1.82, 2.24) is 29.1 Å². The summed E-state index contributed by atoms with van der Waals surface area (Å²) in [5.74, 6) is 1.05. The maximum absolute atomic E-state index is 12.6. The van der Waals surface area contributed by atoms with Crippen molar-refractivity contribution < 1.29 is 0 Å². The molecule has 0 spiro atoms. The Balaban J connectivity index is 1.53. The van der Waals surface area contributed by atoms with Gasteiger partial charge in [0, 0.05) is 39.8 Å². The summed E-state index contributed by atoms with van der Waals surface area (Å²) in [4.78, 5) is 31.4. The summed E-state index contributed by atoms with van der Waals surface area (Å²) in [5, 5.41) is 9.00. The molecule has 3 aromatic rings. The first-order valence-corrected chi connectivity index (χ1v) is 9.12. The number of hydrogen-bond acceptors (Lipinski definition) is 6. The number of piperidine rings is 1. The van der Waals surface area contributed by atoms with Gasteiger partial charge in [-0.05, 0) is 31.7 Å². The zero-order valence-electron chi connectivity index (χ0n) is 15.8. The number of fused-ring (bicyclic) bond motifs is 1. The molecule has 3 aromatic heterocycles. The molecule has 0 atom stereocenters. The molecule has 9 heteroatoms. The lowest BCUT2D eigenvalue weighted by atomic mass is 9.97. The van der Waals surface area contributed by atoms with Crippen LogP contribution in [0.3, 0.4) is 0 Å². The number of rotatable bonds is 3. The molecule has 0 saturated carbocycles. The highest BCUT2D eigenvalue weighted by atomic mass is 16.1. The Morgan fingerprint density at radius 1 is 1.15 bits per heavy atom. The van der Waals surface area contributed by atoms with Gasteiger partial charge in [-0.1, -0.05) is 0 Å². The van der Waals surface area contributed by atoms with Crippen LogP contribution in [0.5, 0.6) is 0 Å². The van der Waals surface area contributed by atoms with Crippen LogP contribution in [-0.4, -0.2) is 42.2 Å². The summed E-state index contributed by atoms with van der Waals surface area (Å²) in [7, 11) is 3.54. The van der Waals surface area contributed by atoms with Crippen LogP contribution in [0.25, 0.3) is 11.0 Å². The number of nitrogens with zero attached hydrogens (tertiary/aromatic N) is 7. The van der Waals surface area contributed by atoms with Crippen molar-refractivity contribution in [2.24, 2.45) is 20.0 Å². The monoisotopic (exact) mass is 369 g/mol. The molecule has 1 aliphatic rings. The maximum Gasteiger partial charge on any atom is 0.266 e. The summed E-state index contributed by atoms with van der Waals surface area (Å²) in [6.07, 6.45) is 3.40. The van der Waals surface area contributed by atoms with E-state index in [1.54, 1.807) is 46.4 Å². The SMILES string of the molecule is Cc1ccc(=O)n(CC2CCN(c3nc4c(cnn4C)c(=O)n3C)CC2)n1. The topological polar surface area (TPSA) is 90.8 Å². The summed E-state index contributed by atoms with van der Waals surface area (Å²) < 4.78 is 4.78. The number of hydrogen-bond donors (Lipinski definition) is 0. The molecule has 1 fully saturated rings. The highest BCUT2D eigenvalue weighted by molar-refractivity contribution is 5.74. The Labute approximate surface area is 155 Å². The van der Waals surface area contributed by atoms with Gasteiger partial charge in [-0.3, -0.25) is 18.8 Å². The maximum atomic E-state index is 12.6. The minimum atomic E-state index is -0.0827. The Morgan fingerprint density at radius 3 is 2.63 bits per heavy atom. The third-order valence-electron chi connectivity index (χ3n) is 5.28. The van der Waals surface area contributed by atoms with Crippen molar-refractivity contribution in [2.75, 3.05) is 18.0 Å². The Hall–Kier alpha value is -2.97. The molecule has 4 rings (SSSR count). The number of aryl methyl sites for hydroxylation is 2. The van der Waals surface area contributed by atoms with Crippen molar-refractivity contribution in [3.63, 3.8) is 0 Å². The highest BCUT2D eigenvalue weighted by Crippen LogP contribution is 2.23. The van der Waals surface area contributed by atoms with Gasteiger partial charge in [-0.15, -0.1) is 0 Å². The molecule has 0 aliphatic carbocycles. The summed E-state index contributed by atoms with van der Waals surface area (Å²) >= 11 is 0. The molecule has 0 aromatic carbocycles. The lowest BCUT2D eigenvalue weighted by Gasteiger charge is -2.33. The zero-order chi connectivity index (χ0) is 19.1. The minimum Gasteiger partial charge on any atom is -0.342 e. The molecule has 0 radical (unpaired) electrons. The van der Waals surface area contributed by atoms with Crippen LogP contribution in [0.15, 0.2) is 27.9 Å². The highest BCUT2D eigenvalue weighted by Gasteiger charge is 2.24. The second-order valence-corrected chi connectivity index (χ2v) is 7.21. The first kappa shape index (κ1) is 17.4. The molecule has 4 heterocycles. The molecule has 0 unspecified atom stereocenters. The van der Waals surface area contributed by atoms with E-state index in [9.17, 15) is 9.59 Å². The molecule has 0 N–H and O–H groups in total. The second kappa shape index (κ2) is 6.64. The Kier molecular flexibility index (Phi) is 4.29. The van der Waals surface area contributed by atoms with Crippen molar-refractivity contribution in [1.29, 1.82) is 0 Å². The lowest BCUT2D eigenvalue weighted by molar-refractivity contribution is 0.331. The standard InChI is InChI=1S/C18H23N7O2/c1-12-4-5-15(26)25(21-12)11-13-6-8-24(9-7-13)18-20-16-14(10-19-23(16)3)17(27)22(18)2/h4-5,10,13H,6-9,11H2,1-3H3. The Morgan fingerprint density at radius 2 is 1.89 bits per heavy atom. The van der Waals surface area contributed by atoms with Crippen LogP contribution in [0.1, 0.15) is 18.5 Å². The molecule has 9 nitrogen and oxygen atoms in total. The van der Waals surface area contributed by atoms with Gasteiger partial charge in [0.2, 0.25) is 5.95 Å². The molecule has 1 aliphatic heterocycles. The summed E-state index contributed by atoms with van der Waals surface area (Å²) in [5.41, 5.74) is 1.30. The summed E-state index contributed by atoms with van der Waals surface area (Å²) in [6, 6.07) is 3.31. The minimum absolute atomic E-state index is 0.0613. The zero-order valence-corrected chi connectivity index (χ0v) is 15.8. The van der Waals surface area contributed by atoms with Gasteiger partial charge in [0.1, 0.15) is 5.39 Å². The van der Waals surface area contributed by atoms with E-state index in [-0.39, 0.29) is 11.1 Å². The van der Waals surface area contributed by atoms with E-state index in [0.717, 1.165) is 31.6 Å². The average molecular weight is 369 g/mol. The fourth-order valence-corrected chi connectivity index (χ4v) is 3.68. The van der Waals surface area contributed by atoms with Gasteiger partial charge in [0.25, 0.3) is 11.1 Å². The van der Waals surface area contributed by atoms with Gasteiger partial charge in [-0.25, -0.2) is 4.68 Å². The van der Waals surface area contributed by atoms with E-state index in [0.29, 0.717) is 29.4 Å². The quantitative estimate of drug-likeness (QED) is 0.666. The van der Waals surface area contributed by atoms with Crippen molar-refractivity contribution in [3.05, 3.63) is 44.7 Å². The van der Waals surface area contributed by atoms with Crippen molar-refractivity contribution in [2.45, 2.75) is 26.3 Å². The molecular weight excluding hydrogens is 346 g/mol.